The Morgan fingerprint density at radius 3 is 2.36 bits per heavy atom. The molecule has 0 fully saturated rings. The summed E-state index contributed by atoms with van der Waals surface area (Å²) < 4.78 is 14.6. The molecule has 0 aromatic heterocycles. The van der Waals surface area contributed by atoms with Gasteiger partial charge < -0.3 is 10.2 Å². The number of carbonyl (C=O) groups excluding carboxylic acids is 2. The largest absolute Gasteiger partial charge is 0.354 e. The molecule has 0 aliphatic rings. The minimum atomic E-state index is -0.773. The van der Waals surface area contributed by atoms with Crippen LogP contribution in [0.3, 0.4) is 0 Å². The maximum Gasteiger partial charge on any atom is 0.243 e. The van der Waals surface area contributed by atoms with Gasteiger partial charge in [-0.3, -0.25) is 9.59 Å². The highest BCUT2D eigenvalue weighted by atomic mass is 35.5. The Labute approximate surface area is 222 Å². The van der Waals surface area contributed by atoms with Crippen molar-refractivity contribution in [1.29, 1.82) is 0 Å². The Morgan fingerprint density at radius 1 is 0.972 bits per heavy atom. The van der Waals surface area contributed by atoms with Gasteiger partial charge >= 0.3 is 0 Å². The highest BCUT2D eigenvalue weighted by Gasteiger charge is 2.30. The number of carbonyl (C=O) groups is 2. The predicted molar refractivity (Wildman–Crippen MR) is 146 cm³/mol. The average Bonchev–Trinajstić information content (AvgIpc) is 2.86. The second kappa shape index (κ2) is 14.0. The van der Waals surface area contributed by atoms with E-state index in [4.69, 9.17) is 11.6 Å². The Bertz CT molecular complexity index is 1140. The molecule has 0 saturated heterocycles. The van der Waals surface area contributed by atoms with Gasteiger partial charge in [0, 0.05) is 35.8 Å². The highest BCUT2D eigenvalue weighted by Crippen LogP contribution is 2.21. The van der Waals surface area contributed by atoms with Crippen molar-refractivity contribution in [2.45, 2.75) is 38.6 Å². The van der Waals surface area contributed by atoms with Gasteiger partial charge in [0.15, 0.2) is 0 Å². The van der Waals surface area contributed by atoms with Crippen LogP contribution in [0.1, 0.15) is 30.5 Å². The lowest BCUT2D eigenvalue weighted by atomic mass is 10.0. The third kappa shape index (κ3) is 8.68. The van der Waals surface area contributed by atoms with Gasteiger partial charge in [-0.2, -0.15) is 0 Å². The Balaban J connectivity index is 1.85. The monoisotopic (exact) mass is 526 g/mol. The summed E-state index contributed by atoms with van der Waals surface area (Å²) in [5.41, 5.74) is 2.32. The maximum atomic E-state index is 14.6. The van der Waals surface area contributed by atoms with E-state index in [0.717, 1.165) is 11.1 Å². The van der Waals surface area contributed by atoms with Crippen molar-refractivity contribution in [3.63, 3.8) is 0 Å². The first-order valence-electron chi connectivity index (χ1n) is 12.0. The number of nitrogens with zero attached hydrogens (tertiary/aromatic N) is 1. The van der Waals surface area contributed by atoms with Crippen LogP contribution in [-0.4, -0.2) is 35.1 Å². The molecule has 1 unspecified atom stereocenters. The van der Waals surface area contributed by atoms with Crippen LogP contribution >= 0.6 is 23.4 Å². The lowest BCUT2D eigenvalue weighted by Gasteiger charge is -2.32. The zero-order chi connectivity index (χ0) is 25.9. The smallest absolute Gasteiger partial charge is 0.243 e. The van der Waals surface area contributed by atoms with E-state index in [1.165, 1.54) is 22.7 Å². The van der Waals surface area contributed by atoms with Crippen LogP contribution in [0.4, 0.5) is 4.39 Å². The molecule has 36 heavy (non-hydrogen) atoms. The minimum absolute atomic E-state index is 0.00975. The number of thioether (sulfide) groups is 1. The van der Waals surface area contributed by atoms with Crippen molar-refractivity contribution in [2.75, 3.05) is 12.3 Å². The van der Waals surface area contributed by atoms with E-state index in [0.29, 0.717) is 29.3 Å². The van der Waals surface area contributed by atoms with Crippen LogP contribution in [0.15, 0.2) is 78.9 Å². The number of halogens is 2. The molecule has 4 nitrogen and oxygen atoms in total. The van der Waals surface area contributed by atoms with Gasteiger partial charge in [-0.05, 0) is 35.2 Å². The fraction of sp³-hybridized carbons (Fsp3) is 0.310. The number of amides is 2. The lowest BCUT2D eigenvalue weighted by Crippen LogP contribution is -2.51. The maximum absolute atomic E-state index is 14.6. The first-order valence-corrected chi connectivity index (χ1v) is 13.5. The summed E-state index contributed by atoms with van der Waals surface area (Å²) in [7, 11) is 0. The molecule has 7 heteroatoms. The van der Waals surface area contributed by atoms with E-state index in [1.54, 1.807) is 24.3 Å². The molecular weight excluding hydrogens is 495 g/mol. The molecule has 0 aliphatic carbocycles. The van der Waals surface area contributed by atoms with Crippen molar-refractivity contribution in [3.05, 3.63) is 106 Å². The Hall–Kier alpha value is -2.83. The number of rotatable bonds is 12. The number of benzene rings is 3. The molecule has 0 saturated carbocycles. The quantitative estimate of drug-likeness (QED) is 0.309. The molecule has 2 amide bonds. The van der Waals surface area contributed by atoms with Crippen LogP contribution in [0.2, 0.25) is 5.02 Å². The topological polar surface area (TPSA) is 49.4 Å². The molecule has 1 atom stereocenters. The second-order valence-corrected chi connectivity index (χ2v) is 10.5. The van der Waals surface area contributed by atoms with Crippen LogP contribution in [0.25, 0.3) is 0 Å². The Kier molecular flexibility index (Phi) is 10.8. The summed E-state index contributed by atoms with van der Waals surface area (Å²) in [6.45, 7) is 4.54. The van der Waals surface area contributed by atoms with E-state index in [2.05, 4.69) is 5.32 Å². The lowest BCUT2D eigenvalue weighted by molar-refractivity contribution is -0.139. The second-order valence-electron chi connectivity index (χ2n) is 9.08. The van der Waals surface area contributed by atoms with Crippen LogP contribution in [0.5, 0.6) is 0 Å². The van der Waals surface area contributed by atoms with Crippen LogP contribution in [0, 0.1) is 11.7 Å². The van der Waals surface area contributed by atoms with Gasteiger partial charge in [-0.25, -0.2) is 4.39 Å². The summed E-state index contributed by atoms with van der Waals surface area (Å²) in [6.07, 6.45) is 0.337. The summed E-state index contributed by atoms with van der Waals surface area (Å²) in [5.74, 6) is 0.160. The van der Waals surface area contributed by atoms with Gasteiger partial charge in [0.05, 0.1) is 5.75 Å². The Morgan fingerprint density at radius 2 is 1.67 bits per heavy atom. The first-order chi connectivity index (χ1) is 17.3. The predicted octanol–water partition coefficient (Wildman–Crippen LogP) is 6.12. The molecule has 0 heterocycles. The van der Waals surface area contributed by atoms with Crippen molar-refractivity contribution in [1.82, 2.24) is 10.2 Å². The van der Waals surface area contributed by atoms with Crippen molar-refractivity contribution >= 4 is 35.2 Å². The third-order valence-electron chi connectivity index (χ3n) is 5.64. The molecule has 3 aromatic rings. The molecule has 190 valence electrons. The SMILES string of the molecule is CC(C)CNC(=O)C(Cc1ccccc1)N(Cc1ccccc1F)C(=O)CSCc1cccc(Cl)c1. The standard InChI is InChI=1S/C29H32ClFN2O2S/c1-21(2)17-32-29(35)27(16-22-9-4-3-5-10-22)33(18-24-12-6-7-14-26(24)31)28(34)20-36-19-23-11-8-13-25(30)15-23/h3-15,21,27H,16-20H2,1-2H3,(H,32,35). The van der Waals surface area contributed by atoms with Crippen molar-refractivity contribution in [2.24, 2.45) is 5.92 Å². The van der Waals surface area contributed by atoms with Gasteiger partial charge in [0.25, 0.3) is 0 Å². The van der Waals surface area contributed by atoms with Gasteiger partial charge in [0.1, 0.15) is 11.9 Å². The minimum Gasteiger partial charge on any atom is -0.354 e. The summed E-state index contributed by atoms with van der Waals surface area (Å²) >= 11 is 7.53. The van der Waals surface area contributed by atoms with Gasteiger partial charge in [0.2, 0.25) is 11.8 Å². The van der Waals surface area contributed by atoms with Crippen molar-refractivity contribution in [3.8, 4) is 0 Å². The van der Waals surface area contributed by atoms with Gasteiger partial charge in [-0.15, -0.1) is 11.8 Å². The molecule has 0 bridgehead atoms. The van der Waals surface area contributed by atoms with Crippen molar-refractivity contribution < 1.29 is 14.0 Å². The van der Waals surface area contributed by atoms with E-state index in [1.807, 2.05) is 62.4 Å². The molecule has 1 N–H and O–H groups in total. The zero-order valence-electron chi connectivity index (χ0n) is 20.6. The fourth-order valence-corrected chi connectivity index (χ4v) is 4.82. The van der Waals surface area contributed by atoms with E-state index in [-0.39, 0.29) is 30.0 Å². The van der Waals surface area contributed by atoms with E-state index < -0.39 is 11.9 Å². The van der Waals surface area contributed by atoms with E-state index >= 15 is 0 Å². The average molecular weight is 527 g/mol. The molecule has 0 radical (unpaired) electrons. The highest BCUT2D eigenvalue weighted by molar-refractivity contribution is 7.99. The number of hydrogen-bond donors (Lipinski definition) is 1. The number of nitrogens with one attached hydrogen (secondary N) is 1. The summed E-state index contributed by atoms with van der Waals surface area (Å²) in [4.78, 5) is 28.5. The zero-order valence-corrected chi connectivity index (χ0v) is 22.2. The van der Waals surface area contributed by atoms with Crippen LogP contribution < -0.4 is 5.32 Å². The molecule has 0 spiro atoms. The third-order valence-corrected chi connectivity index (χ3v) is 6.86. The fourth-order valence-electron chi connectivity index (χ4n) is 3.75. The van der Waals surface area contributed by atoms with E-state index in [9.17, 15) is 14.0 Å². The summed E-state index contributed by atoms with van der Waals surface area (Å²) in [6, 6.07) is 22.7. The molecule has 0 aliphatic heterocycles. The normalized spacial score (nSPS) is 11.8. The first kappa shape index (κ1) is 27.8. The number of hydrogen-bond acceptors (Lipinski definition) is 3. The molecule has 3 aromatic carbocycles. The van der Waals surface area contributed by atoms with Gasteiger partial charge in [-0.1, -0.05) is 86.1 Å². The summed E-state index contributed by atoms with van der Waals surface area (Å²) in [5, 5.41) is 3.62. The molecule has 3 rings (SSSR count). The van der Waals surface area contributed by atoms with Crippen LogP contribution in [-0.2, 0) is 28.3 Å². The molecular formula is C29H32ClFN2O2S.